The van der Waals surface area contributed by atoms with Crippen molar-refractivity contribution in [1.82, 2.24) is 5.32 Å². The molecule has 0 aliphatic heterocycles. The number of hydrogen-bond acceptors (Lipinski definition) is 5. The number of allylic oxidation sites excluding steroid dienone is 2. The monoisotopic (exact) mass is 918 g/mol. The standard InChI is InChI=1S/C59H115NO5/c1-3-5-7-9-11-13-15-17-19-21-22-24-29-33-37-41-45-49-53-59(64)65-54-50-46-42-38-34-30-26-25-28-32-36-40-44-48-52-58(63)60-56(55-61)57(62)51-47-43-39-35-31-27-23-20-18-16-14-12-10-8-6-4-2/h19,21,56-57,61-62H,3-18,20,22-55H2,1-2H3,(H,60,63)/b21-19-. The molecule has 2 atom stereocenters. The molecular formula is C59H115NO5. The van der Waals surface area contributed by atoms with Gasteiger partial charge < -0.3 is 20.3 Å². The number of carbonyl (C=O) groups excluding carboxylic acids is 2. The molecule has 0 aromatic heterocycles. The third-order valence-corrected chi connectivity index (χ3v) is 13.8. The van der Waals surface area contributed by atoms with Crippen molar-refractivity contribution in [3.8, 4) is 0 Å². The van der Waals surface area contributed by atoms with Crippen molar-refractivity contribution >= 4 is 11.9 Å². The minimum Gasteiger partial charge on any atom is -0.466 e. The summed E-state index contributed by atoms with van der Waals surface area (Å²) >= 11 is 0. The van der Waals surface area contributed by atoms with Crippen molar-refractivity contribution < 1.29 is 24.5 Å². The molecule has 0 aromatic rings. The Morgan fingerprint density at radius 1 is 0.415 bits per heavy atom. The quantitative estimate of drug-likeness (QED) is 0.0321. The maximum Gasteiger partial charge on any atom is 0.305 e. The lowest BCUT2D eigenvalue weighted by atomic mass is 10.0. The minimum absolute atomic E-state index is 0.00422. The highest BCUT2D eigenvalue weighted by Gasteiger charge is 2.20. The van der Waals surface area contributed by atoms with Crippen LogP contribution in [0.2, 0.25) is 0 Å². The van der Waals surface area contributed by atoms with Gasteiger partial charge in [-0.15, -0.1) is 0 Å². The Kier molecular flexibility index (Phi) is 54.0. The van der Waals surface area contributed by atoms with Gasteiger partial charge in [-0.3, -0.25) is 9.59 Å². The second kappa shape index (κ2) is 55.2. The van der Waals surface area contributed by atoms with Crippen LogP contribution in [0, 0.1) is 0 Å². The molecule has 2 unspecified atom stereocenters. The van der Waals surface area contributed by atoms with Gasteiger partial charge in [0, 0.05) is 12.8 Å². The van der Waals surface area contributed by atoms with Gasteiger partial charge in [0.25, 0.3) is 0 Å². The van der Waals surface area contributed by atoms with Crippen LogP contribution in [0.25, 0.3) is 0 Å². The molecule has 0 heterocycles. The molecule has 0 saturated carbocycles. The Morgan fingerprint density at radius 3 is 1.09 bits per heavy atom. The number of unbranched alkanes of at least 4 members (excludes halogenated alkanes) is 42. The first-order chi connectivity index (χ1) is 32.0. The van der Waals surface area contributed by atoms with Crippen molar-refractivity contribution in [2.75, 3.05) is 13.2 Å². The van der Waals surface area contributed by atoms with Crippen LogP contribution < -0.4 is 5.32 Å². The fourth-order valence-corrected chi connectivity index (χ4v) is 9.28. The molecule has 1 amide bonds. The van der Waals surface area contributed by atoms with Crippen LogP contribution in [-0.2, 0) is 14.3 Å². The molecule has 6 heteroatoms. The Morgan fingerprint density at radius 2 is 0.723 bits per heavy atom. The van der Waals surface area contributed by atoms with E-state index in [4.69, 9.17) is 4.74 Å². The first-order valence-corrected chi connectivity index (χ1v) is 29.4. The van der Waals surface area contributed by atoms with Crippen molar-refractivity contribution in [3.63, 3.8) is 0 Å². The largest absolute Gasteiger partial charge is 0.466 e. The fraction of sp³-hybridized carbons (Fsp3) is 0.932. The average molecular weight is 919 g/mol. The van der Waals surface area contributed by atoms with Gasteiger partial charge in [-0.25, -0.2) is 0 Å². The zero-order valence-corrected chi connectivity index (χ0v) is 44.0. The van der Waals surface area contributed by atoms with E-state index in [1.807, 2.05) is 0 Å². The zero-order chi connectivity index (χ0) is 47.2. The number of ether oxygens (including phenoxy) is 1. The molecule has 0 rings (SSSR count). The summed E-state index contributed by atoms with van der Waals surface area (Å²) in [5, 5.41) is 23.3. The predicted molar refractivity (Wildman–Crippen MR) is 283 cm³/mol. The molecule has 3 N–H and O–H groups in total. The van der Waals surface area contributed by atoms with Gasteiger partial charge in [0.15, 0.2) is 0 Å². The lowest BCUT2D eigenvalue weighted by Crippen LogP contribution is -2.45. The normalized spacial score (nSPS) is 12.6. The zero-order valence-electron chi connectivity index (χ0n) is 44.0. The van der Waals surface area contributed by atoms with Gasteiger partial charge in [-0.2, -0.15) is 0 Å². The van der Waals surface area contributed by atoms with Crippen LogP contribution in [0.15, 0.2) is 12.2 Å². The number of carbonyl (C=O) groups is 2. The number of esters is 1. The van der Waals surface area contributed by atoms with E-state index in [1.54, 1.807) is 0 Å². The summed E-state index contributed by atoms with van der Waals surface area (Å²) in [6.45, 7) is 4.95. The molecule has 0 spiro atoms. The Hall–Kier alpha value is -1.40. The number of amides is 1. The van der Waals surface area contributed by atoms with Crippen molar-refractivity contribution in [1.29, 1.82) is 0 Å². The van der Waals surface area contributed by atoms with Crippen molar-refractivity contribution in [2.45, 2.75) is 341 Å². The third-order valence-electron chi connectivity index (χ3n) is 13.8. The van der Waals surface area contributed by atoms with E-state index in [2.05, 4.69) is 31.3 Å². The number of aliphatic hydroxyl groups excluding tert-OH is 2. The van der Waals surface area contributed by atoms with Crippen molar-refractivity contribution in [2.24, 2.45) is 0 Å². The molecule has 0 saturated heterocycles. The van der Waals surface area contributed by atoms with E-state index < -0.39 is 12.1 Å². The minimum atomic E-state index is -0.671. The van der Waals surface area contributed by atoms with E-state index in [1.165, 1.54) is 244 Å². The van der Waals surface area contributed by atoms with E-state index in [0.29, 0.717) is 25.9 Å². The highest BCUT2D eigenvalue weighted by molar-refractivity contribution is 5.76. The Bertz CT molecular complexity index is 970. The molecule has 386 valence electrons. The first-order valence-electron chi connectivity index (χ1n) is 29.4. The second-order valence-corrected chi connectivity index (χ2v) is 20.3. The number of rotatable bonds is 55. The predicted octanol–water partition coefficient (Wildman–Crippen LogP) is 18.1. The Labute approximate surface area is 406 Å². The molecule has 0 aliphatic carbocycles. The molecular weight excluding hydrogens is 803 g/mol. The molecule has 65 heavy (non-hydrogen) atoms. The molecule has 0 fully saturated rings. The van der Waals surface area contributed by atoms with Gasteiger partial charge in [0.1, 0.15) is 0 Å². The van der Waals surface area contributed by atoms with Crippen LogP contribution >= 0.6 is 0 Å². The van der Waals surface area contributed by atoms with Crippen LogP contribution in [0.3, 0.4) is 0 Å². The van der Waals surface area contributed by atoms with Gasteiger partial charge >= 0.3 is 5.97 Å². The molecule has 0 bridgehead atoms. The fourth-order valence-electron chi connectivity index (χ4n) is 9.28. The van der Waals surface area contributed by atoms with Crippen molar-refractivity contribution in [3.05, 3.63) is 12.2 Å². The number of hydrogen-bond donors (Lipinski definition) is 3. The molecule has 0 aromatic carbocycles. The van der Waals surface area contributed by atoms with E-state index in [-0.39, 0.29) is 18.5 Å². The first kappa shape index (κ1) is 63.6. The number of nitrogens with one attached hydrogen (secondary N) is 1. The summed E-state index contributed by atoms with van der Waals surface area (Å²) in [5.74, 6) is -0.0473. The van der Waals surface area contributed by atoms with Gasteiger partial charge in [0.2, 0.25) is 5.91 Å². The van der Waals surface area contributed by atoms with Gasteiger partial charge in [0.05, 0.1) is 25.4 Å². The highest BCUT2D eigenvalue weighted by atomic mass is 16.5. The lowest BCUT2D eigenvalue weighted by molar-refractivity contribution is -0.143. The topological polar surface area (TPSA) is 95.9 Å². The van der Waals surface area contributed by atoms with Crippen LogP contribution in [-0.4, -0.2) is 47.4 Å². The SMILES string of the molecule is CCCCCCCCC/C=C\CCCCCCCCCC(=O)OCCCCCCCCCCCCCCCCC(=O)NC(CO)C(O)CCCCCCCCCCCCCCCCCC. The highest BCUT2D eigenvalue weighted by Crippen LogP contribution is 2.17. The van der Waals surface area contributed by atoms with E-state index in [0.717, 1.165) is 51.4 Å². The second-order valence-electron chi connectivity index (χ2n) is 20.3. The summed E-state index contributed by atoms with van der Waals surface area (Å²) in [6.07, 6.45) is 64.8. The van der Waals surface area contributed by atoms with Crippen LogP contribution in [0.4, 0.5) is 0 Å². The summed E-state index contributed by atoms with van der Waals surface area (Å²) in [4.78, 5) is 24.6. The smallest absolute Gasteiger partial charge is 0.305 e. The molecule has 0 radical (unpaired) electrons. The maximum absolute atomic E-state index is 12.5. The Balaban J connectivity index is 3.42. The molecule has 6 nitrogen and oxygen atoms in total. The van der Waals surface area contributed by atoms with Gasteiger partial charge in [-0.05, 0) is 51.4 Å². The van der Waals surface area contributed by atoms with E-state index in [9.17, 15) is 19.8 Å². The summed E-state index contributed by atoms with van der Waals surface area (Å²) in [7, 11) is 0. The lowest BCUT2D eigenvalue weighted by Gasteiger charge is -2.22. The van der Waals surface area contributed by atoms with Gasteiger partial charge in [-0.1, -0.05) is 276 Å². The average Bonchev–Trinajstić information content (AvgIpc) is 3.31. The summed E-state index contributed by atoms with van der Waals surface area (Å²) in [6, 6.07) is -0.549. The number of aliphatic hydroxyl groups is 2. The maximum atomic E-state index is 12.5. The summed E-state index contributed by atoms with van der Waals surface area (Å²) < 4.78 is 5.48. The van der Waals surface area contributed by atoms with Crippen LogP contribution in [0.5, 0.6) is 0 Å². The van der Waals surface area contributed by atoms with E-state index >= 15 is 0 Å². The molecule has 0 aliphatic rings. The third kappa shape index (κ3) is 51.8. The van der Waals surface area contributed by atoms with Crippen LogP contribution in [0.1, 0.15) is 328 Å². The summed E-state index contributed by atoms with van der Waals surface area (Å²) in [5.41, 5.74) is 0.